The molecule has 4 aromatic rings. The summed E-state index contributed by atoms with van der Waals surface area (Å²) in [6.07, 6.45) is 2.41. The minimum absolute atomic E-state index is 0.0965. The Balaban J connectivity index is 1.23. The molecule has 0 aromatic carbocycles. The van der Waals surface area contributed by atoms with Crippen molar-refractivity contribution in [1.29, 1.82) is 0 Å². The molecule has 4 aromatic heterocycles. The van der Waals surface area contributed by atoms with Crippen LogP contribution in [0.15, 0.2) is 39.6 Å². The van der Waals surface area contributed by atoms with E-state index in [9.17, 15) is 9.59 Å². The molecule has 0 aliphatic heterocycles. The first kappa shape index (κ1) is 21.4. The van der Waals surface area contributed by atoms with Gasteiger partial charge in [-0.1, -0.05) is 0 Å². The maximum atomic E-state index is 12.2. The second-order valence-corrected chi connectivity index (χ2v) is 9.87. The molecule has 0 unspecified atom stereocenters. The number of carbonyl (C=O) groups is 2. The van der Waals surface area contributed by atoms with E-state index in [1.54, 1.807) is 41.0 Å². The van der Waals surface area contributed by atoms with Gasteiger partial charge in [0.05, 0.1) is 39.5 Å². The molecule has 4 heterocycles. The van der Waals surface area contributed by atoms with Gasteiger partial charge in [0.2, 0.25) is 5.91 Å². The summed E-state index contributed by atoms with van der Waals surface area (Å²) in [6.45, 7) is 4.28. The number of carbonyl (C=O) groups excluding carboxylic acids is 2. The van der Waals surface area contributed by atoms with Crippen LogP contribution in [0.3, 0.4) is 0 Å². The summed E-state index contributed by atoms with van der Waals surface area (Å²) in [5.74, 6) is 0.175. The Bertz CT molecular complexity index is 1200. The smallest absolute Gasteiger partial charge is 0.260 e. The molecule has 160 valence electrons. The number of amides is 2. The van der Waals surface area contributed by atoms with Gasteiger partial charge in [-0.3, -0.25) is 14.9 Å². The molecule has 4 rings (SSSR count). The number of hydrogen-bond acceptors (Lipinski definition) is 8. The Hall–Kier alpha value is -2.82. The lowest BCUT2D eigenvalue weighted by Gasteiger charge is -2.03. The van der Waals surface area contributed by atoms with Gasteiger partial charge in [-0.15, -0.1) is 34.0 Å². The zero-order chi connectivity index (χ0) is 21.8. The van der Waals surface area contributed by atoms with Crippen LogP contribution >= 0.6 is 34.0 Å². The first-order valence-electron chi connectivity index (χ1n) is 9.55. The molecule has 10 heteroatoms. The molecule has 0 aliphatic rings. The average molecular weight is 473 g/mol. The second-order valence-electron chi connectivity index (χ2n) is 6.78. The molecule has 0 spiro atoms. The Morgan fingerprint density at radius 2 is 1.97 bits per heavy atom. The highest BCUT2D eigenvalue weighted by molar-refractivity contribution is 7.16. The van der Waals surface area contributed by atoms with E-state index in [2.05, 4.69) is 38.1 Å². The fourth-order valence-electron chi connectivity index (χ4n) is 2.91. The highest BCUT2D eigenvalue weighted by Crippen LogP contribution is 2.29. The number of rotatable bonds is 8. The van der Waals surface area contributed by atoms with E-state index in [0.717, 1.165) is 22.0 Å². The minimum atomic E-state index is -0.278. The molecular formula is C21H20N4O3S3. The first-order chi connectivity index (χ1) is 15.0. The SMILES string of the molecule is Cc1nc(-c2ccc(CCNC(=O)Cc3csc(NC(=O)c4ccoc4C)n3)s2)cs1. The standard InChI is InChI=1S/C21H20N4O3S3/c1-12-16(6-8-28-12)20(27)25-21-24-14(10-30-21)9-19(26)22-7-5-15-3-4-18(31-15)17-11-29-13(2)23-17/h3-4,6,8,10-11H,5,7,9H2,1-2H3,(H,22,26)(H,24,25,27). The van der Waals surface area contributed by atoms with E-state index in [0.29, 0.717) is 28.7 Å². The third kappa shape index (κ3) is 5.46. The lowest BCUT2D eigenvalue weighted by atomic mass is 10.2. The van der Waals surface area contributed by atoms with E-state index in [-0.39, 0.29) is 18.2 Å². The maximum absolute atomic E-state index is 12.2. The lowest BCUT2D eigenvalue weighted by molar-refractivity contribution is -0.120. The molecule has 31 heavy (non-hydrogen) atoms. The summed E-state index contributed by atoms with van der Waals surface area (Å²) in [6, 6.07) is 5.77. The second kappa shape index (κ2) is 9.54. The monoisotopic (exact) mass is 472 g/mol. The Morgan fingerprint density at radius 1 is 1.10 bits per heavy atom. The molecule has 0 fully saturated rings. The van der Waals surface area contributed by atoms with Gasteiger partial charge in [0, 0.05) is 22.2 Å². The summed E-state index contributed by atoms with van der Waals surface area (Å²) in [5, 5.41) is 11.0. The van der Waals surface area contributed by atoms with Crippen molar-refractivity contribution in [3.05, 3.63) is 62.1 Å². The van der Waals surface area contributed by atoms with Crippen molar-refractivity contribution >= 4 is 51.0 Å². The van der Waals surface area contributed by atoms with Crippen molar-refractivity contribution in [2.75, 3.05) is 11.9 Å². The van der Waals surface area contributed by atoms with E-state index >= 15 is 0 Å². The van der Waals surface area contributed by atoms with Crippen LogP contribution in [0.4, 0.5) is 5.13 Å². The number of nitrogens with zero attached hydrogens (tertiary/aromatic N) is 2. The van der Waals surface area contributed by atoms with Gasteiger partial charge < -0.3 is 9.73 Å². The van der Waals surface area contributed by atoms with Crippen LogP contribution < -0.4 is 10.6 Å². The number of nitrogens with one attached hydrogen (secondary N) is 2. The Kier molecular flexibility index (Phi) is 6.59. The summed E-state index contributed by atoms with van der Waals surface area (Å²) in [4.78, 5) is 35.6. The predicted octanol–water partition coefficient (Wildman–Crippen LogP) is 4.69. The van der Waals surface area contributed by atoms with Gasteiger partial charge in [-0.2, -0.15) is 0 Å². The third-order valence-electron chi connectivity index (χ3n) is 4.44. The van der Waals surface area contributed by atoms with Gasteiger partial charge >= 0.3 is 0 Å². The van der Waals surface area contributed by atoms with Crippen molar-refractivity contribution in [1.82, 2.24) is 15.3 Å². The molecule has 0 aliphatic carbocycles. The molecular weight excluding hydrogens is 452 g/mol. The van der Waals surface area contributed by atoms with Gasteiger partial charge in [0.15, 0.2) is 5.13 Å². The number of furan rings is 1. The largest absolute Gasteiger partial charge is 0.469 e. The fraction of sp³-hybridized carbons (Fsp3) is 0.238. The number of hydrogen-bond donors (Lipinski definition) is 2. The maximum Gasteiger partial charge on any atom is 0.260 e. The molecule has 0 atom stereocenters. The van der Waals surface area contributed by atoms with Gasteiger partial charge in [0.1, 0.15) is 5.76 Å². The van der Waals surface area contributed by atoms with E-state index < -0.39 is 0 Å². The van der Waals surface area contributed by atoms with Gasteiger partial charge in [0.25, 0.3) is 5.91 Å². The summed E-state index contributed by atoms with van der Waals surface area (Å²) >= 11 is 4.63. The Morgan fingerprint density at radius 3 is 2.71 bits per heavy atom. The fourth-order valence-corrected chi connectivity index (χ4v) is 5.27. The van der Waals surface area contributed by atoms with Crippen LogP contribution in [0, 0.1) is 13.8 Å². The topological polar surface area (TPSA) is 97.1 Å². The molecule has 0 saturated carbocycles. The van der Waals surface area contributed by atoms with Crippen LogP contribution in [-0.2, 0) is 17.6 Å². The molecule has 2 amide bonds. The predicted molar refractivity (Wildman–Crippen MR) is 124 cm³/mol. The van der Waals surface area contributed by atoms with E-state index in [1.807, 2.05) is 6.92 Å². The normalized spacial score (nSPS) is 10.9. The zero-order valence-electron chi connectivity index (χ0n) is 16.9. The zero-order valence-corrected chi connectivity index (χ0v) is 19.4. The van der Waals surface area contributed by atoms with Crippen molar-refractivity contribution < 1.29 is 14.0 Å². The number of anilines is 1. The lowest BCUT2D eigenvalue weighted by Crippen LogP contribution is -2.27. The number of aromatic nitrogens is 2. The van der Waals surface area contributed by atoms with Crippen molar-refractivity contribution in [3.63, 3.8) is 0 Å². The molecule has 0 saturated heterocycles. The van der Waals surface area contributed by atoms with Crippen LogP contribution in [0.1, 0.15) is 31.7 Å². The first-order valence-corrected chi connectivity index (χ1v) is 12.1. The summed E-state index contributed by atoms with van der Waals surface area (Å²) in [5.41, 5.74) is 2.10. The van der Waals surface area contributed by atoms with Crippen molar-refractivity contribution in [2.45, 2.75) is 26.7 Å². The molecule has 2 N–H and O–H groups in total. The number of aryl methyl sites for hydroxylation is 2. The van der Waals surface area contributed by atoms with Gasteiger partial charge in [-0.05, 0) is 38.5 Å². The van der Waals surface area contributed by atoms with Crippen LogP contribution in [0.5, 0.6) is 0 Å². The van der Waals surface area contributed by atoms with Crippen molar-refractivity contribution in [3.8, 4) is 10.6 Å². The summed E-state index contributed by atoms with van der Waals surface area (Å²) in [7, 11) is 0. The highest BCUT2D eigenvalue weighted by atomic mass is 32.1. The average Bonchev–Trinajstić information content (AvgIpc) is 3.50. The number of thiazole rings is 2. The molecule has 7 nitrogen and oxygen atoms in total. The quantitative estimate of drug-likeness (QED) is 0.388. The van der Waals surface area contributed by atoms with Gasteiger partial charge in [-0.25, -0.2) is 9.97 Å². The van der Waals surface area contributed by atoms with Crippen LogP contribution in [0.25, 0.3) is 10.6 Å². The molecule has 0 bridgehead atoms. The van der Waals surface area contributed by atoms with E-state index in [1.165, 1.54) is 22.5 Å². The highest BCUT2D eigenvalue weighted by Gasteiger charge is 2.14. The van der Waals surface area contributed by atoms with Crippen molar-refractivity contribution in [2.24, 2.45) is 0 Å². The molecule has 0 radical (unpaired) electrons. The third-order valence-corrected chi connectivity index (χ3v) is 7.19. The Labute approximate surface area is 191 Å². The van der Waals surface area contributed by atoms with Crippen LogP contribution in [-0.4, -0.2) is 28.3 Å². The van der Waals surface area contributed by atoms with E-state index in [4.69, 9.17) is 4.42 Å². The summed E-state index contributed by atoms with van der Waals surface area (Å²) < 4.78 is 5.14. The number of thiophene rings is 1. The minimum Gasteiger partial charge on any atom is -0.469 e. The van der Waals surface area contributed by atoms with Crippen LogP contribution in [0.2, 0.25) is 0 Å².